The van der Waals surface area contributed by atoms with Crippen molar-refractivity contribution in [3.05, 3.63) is 46.7 Å². The second kappa shape index (κ2) is 9.09. The number of carboxylic acid groups (broad SMARTS) is 1. The number of ether oxygens (including phenoxy) is 1. The van der Waals surface area contributed by atoms with E-state index in [-0.39, 0.29) is 24.0 Å². The molecule has 2 amide bonds. The van der Waals surface area contributed by atoms with Gasteiger partial charge in [-0.1, -0.05) is 24.3 Å². The SMILES string of the molecule is CC(=O)OCC1=C(C(=O)O)N2C(=O)C(NC(=O)C(C)c3ccc(CCl)cc3)C2SC1. The lowest BCUT2D eigenvalue weighted by molar-refractivity contribution is -0.151. The first-order valence-electron chi connectivity index (χ1n) is 9.23. The van der Waals surface area contributed by atoms with E-state index in [4.69, 9.17) is 16.3 Å². The molecule has 0 aliphatic carbocycles. The van der Waals surface area contributed by atoms with Gasteiger partial charge in [0.15, 0.2) is 0 Å². The predicted molar refractivity (Wildman–Crippen MR) is 111 cm³/mol. The van der Waals surface area contributed by atoms with Crippen molar-refractivity contribution in [2.24, 2.45) is 0 Å². The van der Waals surface area contributed by atoms with Gasteiger partial charge in [0, 0.05) is 24.1 Å². The zero-order valence-corrected chi connectivity index (χ0v) is 18.0. The van der Waals surface area contributed by atoms with Crippen molar-refractivity contribution < 1.29 is 29.0 Å². The van der Waals surface area contributed by atoms with E-state index >= 15 is 0 Å². The number of alkyl halides is 1. The molecule has 1 fully saturated rings. The number of nitrogens with one attached hydrogen (secondary N) is 1. The van der Waals surface area contributed by atoms with Gasteiger partial charge >= 0.3 is 11.9 Å². The number of benzene rings is 1. The van der Waals surface area contributed by atoms with Crippen molar-refractivity contribution >= 4 is 47.1 Å². The Labute approximate surface area is 182 Å². The molecule has 0 saturated carbocycles. The Morgan fingerprint density at radius 2 is 2.00 bits per heavy atom. The number of amides is 2. The highest BCUT2D eigenvalue weighted by atomic mass is 35.5. The predicted octanol–water partition coefficient (Wildman–Crippen LogP) is 1.83. The summed E-state index contributed by atoms with van der Waals surface area (Å²) in [6.45, 7) is 2.77. The molecule has 2 heterocycles. The fourth-order valence-electron chi connectivity index (χ4n) is 3.31. The van der Waals surface area contributed by atoms with Crippen molar-refractivity contribution in [3.63, 3.8) is 0 Å². The smallest absolute Gasteiger partial charge is 0.352 e. The molecule has 10 heteroatoms. The maximum atomic E-state index is 12.7. The number of hydrogen-bond donors (Lipinski definition) is 2. The highest BCUT2D eigenvalue weighted by molar-refractivity contribution is 8.00. The lowest BCUT2D eigenvalue weighted by Crippen LogP contribution is -2.70. The second-order valence-electron chi connectivity index (χ2n) is 7.03. The molecule has 2 N–H and O–H groups in total. The van der Waals surface area contributed by atoms with Crippen LogP contribution in [0.15, 0.2) is 35.5 Å². The molecule has 2 aliphatic rings. The fourth-order valence-corrected chi connectivity index (χ4v) is 4.81. The molecule has 8 nitrogen and oxygen atoms in total. The average Bonchev–Trinajstić information content (AvgIpc) is 2.74. The average molecular weight is 453 g/mol. The van der Waals surface area contributed by atoms with Crippen LogP contribution in [0.5, 0.6) is 0 Å². The van der Waals surface area contributed by atoms with E-state index in [0.717, 1.165) is 16.0 Å². The van der Waals surface area contributed by atoms with Gasteiger partial charge in [0.1, 0.15) is 23.7 Å². The van der Waals surface area contributed by atoms with Crippen LogP contribution >= 0.6 is 23.4 Å². The van der Waals surface area contributed by atoms with Crippen molar-refractivity contribution in [2.45, 2.75) is 37.1 Å². The van der Waals surface area contributed by atoms with E-state index in [0.29, 0.717) is 11.5 Å². The summed E-state index contributed by atoms with van der Waals surface area (Å²) >= 11 is 7.11. The molecule has 0 aromatic heterocycles. The van der Waals surface area contributed by atoms with Gasteiger partial charge in [-0.2, -0.15) is 0 Å². The van der Waals surface area contributed by atoms with Crippen LogP contribution < -0.4 is 5.32 Å². The topological polar surface area (TPSA) is 113 Å². The first-order chi connectivity index (χ1) is 14.2. The highest BCUT2D eigenvalue weighted by Gasteiger charge is 2.54. The van der Waals surface area contributed by atoms with Crippen molar-refractivity contribution in [2.75, 3.05) is 12.4 Å². The minimum Gasteiger partial charge on any atom is -0.477 e. The van der Waals surface area contributed by atoms with E-state index in [1.807, 2.05) is 24.3 Å². The summed E-state index contributed by atoms with van der Waals surface area (Å²) in [5, 5.41) is 11.8. The number of rotatable bonds is 7. The molecule has 2 aliphatic heterocycles. The Balaban J connectivity index is 1.70. The Bertz CT molecular complexity index is 916. The minimum absolute atomic E-state index is 0.180. The molecule has 1 saturated heterocycles. The molecule has 3 atom stereocenters. The third kappa shape index (κ3) is 4.32. The largest absolute Gasteiger partial charge is 0.477 e. The quantitative estimate of drug-likeness (QED) is 0.368. The zero-order valence-electron chi connectivity index (χ0n) is 16.4. The monoisotopic (exact) mass is 452 g/mol. The third-order valence-corrected chi connectivity index (χ3v) is 6.67. The Hall–Kier alpha value is -2.52. The standard InChI is InChI=1S/C20H21ClN2O6S/c1-10(13-5-3-12(7-21)4-6-13)17(25)22-15-18(26)23-16(20(27)28)14(8-29-11(2)24)9-30-19(15)23/h3-6,10,15,19H,7-9H2,1-2H3,(H,22,25)(H,27,28). The summed E-state index contributed by atoms with van der Waals surface area (Å²) in [6, 6.07) is 6.51. The molecule has 1 aromatic carbocycles. The Morgan fingerprint density at radius 3 is 2.57 bits per heavy atom. The number of thioether (sulfide) groups is 1. The molecule has 1 aromatic rings. The fraction of sp³-hybridized carbons (Fsp3) is 0.400. The number of fused-ring (bicyclic) bond motifs is 1. The van der Waals surface area contributed by atoms with Crippen LogP contribution in [0.1, 0.15) is 30.9 Å². The number of aliphatic carboxylic acids is 1. The molecule has 0 radical (unpaired) electrons. The van der Waals surface area contributed by atoms with Gasteiger partial charge < -0.3 is 15.2 Å². The number of β-lactam (4-membered cyclic amide) rings is 1. The van der Waals surface area contributed by atoms with Gasteiger partial charge in [0.05, 0.1) is 5.92 Å². The highest BCUT2D eigenvalue weighted by Crippen LogP contribution is 2.40. The Kier molecular flexibility index (Phi) is 6.72. The van der Waals surface area contributed by atoms with Crippen LogP contribution in [0.2, 0.25) is 0 Å². The van der Waals surface area contributed by atoms with Crippen molar-refractivity contribution in [1.82, 2.24) is 10.2 Å². The van der Waals surface area contributed by atoms with Crippen LogP contribution in [-0.2, 0) is 29.8 Å². The zero-order chi connectivity index (χ0) is 22.0. The molecule has 30 heavy (non-hydrogen) atoms. The molecular formula is C20H21ClN2O6S. The number of halogens is 1. The summed E-state index contributed by atoms with van der Waals surface area (Å²) < 4.78 is 4.90. The number of esters is 1. The van der Waals surface area contributed by atoms with Crippen LogP contribution in [0.3, 0.4) is 0 Å². The van der Waals surface area contributed by atoms with Gasteiger partial charge in [0.25, 0.3) is 5.91 Å². The maximum Gasteiger partial charge on any atom is 0.352 e. The summed E-state index contributed by atoms with van der Waals surface area (Å²) in [5.74, 6) is -2.45. The van der Waals surface area contributed by atoms with Crippen LogP contribution in [0.25, 0.3) is 0 Å². The van der Waals surface area contributed by atoms with Crippen molar-refractivity contribution in [3.8, 4) is 0 Å². The Morgan fingerprint density at radius 1 is 1.33 bits per heavy atom. The molecule has 160 valence electrons. The summed E-state index contributed by atoms with van der Waals surface area (Å²) in [4.78, 5) is 49.2. The number of hydrogen-bond acceptors (Lipinski definition) is 6. The number of carbonyl (C=O) groups is 4. The van der Waals surface area contributed by atoms with E-state index in [9.17, 15) is 24.3 Å². The van der Waals surface area contributed by atoms with E-state index < -0.39 is 35.2 Å². The van der Waals surface area contributed by atoms with E-state index in [1.165, 1.54) is 18.7 Å². The minimum atomic E-state index is -1.27. The van der Waals surface area contributed by atoms with E-state index in [1.54, 1.807) is 6.92 Å². The molecular weight excluding hydrogens is 432 g/mol. The normalized spacial score (nSPS) is 21.4. The van der Waals surface area contributed by atoms with Crippen molar-refractivity contribution in [1.29, 1.82) is 0 Å². The van der Waals surface area contributed by atoms with Crippen LogP contribution in [0, 0.1) is 0 Å². The van der Waals surface area contributed by atoms with Gasteiger partial charge in [-0.15, -0.1) is 23.4 Å². The van der Waals surface area contributed by atoms with Gasteiger partial charge in [-0.05, 0) is 18.1 Å². The second-order valence-corrected chi connectivity index (χ2v) is 8.40. The summed E-state index contributed by atoms with van der Waals surface area (Å²) in [6.07, 6.45) is 0. The molecule has 0 bridgehead atoms. The first-order valence-corrected chi connectivity index (χ1v) is 10.8. The van der Waals surface area contributed by atoms with E-state index in [2.05, 4.69) is 5.32 Å². The van der Waals surface area contributed by atoms with Crippen LogP contribution in [-0.4, -0.2) is 57.5 Å². The molecule has 0 spiro atoms. The first kappa shape index (κ1) is 22.2. The lowest BCUT2D eigenvalue weighted by atomic mass is 9.97. The number of carbonyl (C=O) groups excluding carboxylic acids is 3. The van der Waals surface area contributed by atoms with Crippen LogP contribution in [0.4, 0.5) is 0 Å². The van der Waals surface area contributed by atoms with Gasteiger partial charge in [-0.3, -0.25) is 19.3 Å². The number of nitrogens with zero attached hydrogens (tertiary/aromatic N) is 1. The lowest BCUT2D eigenvalue weighted by Gasteiger charge is -2.49. The summed E-state index contributed by atoms with van der Waals surface area (Å²) in [7, 11) is 0. The maximum absolute atomic E-state index is 12.7. The number of carboxylic acids is 1. The summed E-state index contributed by atoms with van der Waals surface area (Å²) in [5.41, 5.74) is 1.90. The molecule has 3 unspecified atom stereocenters. The molecule has 3 rings (SSSR count). The van der Waals surface area contributed by atoms with Gasteiger partial charge in [0.2, 0.25) is 5.91 Å². The third-order valence-electron chi connectivity index (χ3n) is 5.02. The van der Waals surface area contributed by atoms with Gasteiger partial charge in [-0.25, -0.2) is 4.79 Å².